The Morgan fingerprint density at radius 3 is 2.56 bits per heavy atom. The highest BCUT2D eigenvalue weighted by atomic mass is 16.5. The largest absolute Gasteiger partial charge is 0.486 e. The molecule has 1 heterocycles. The van der Waals surface area contributed by atoms with Crippen molar-refractivity contribution in [1.82, 2.24) is 15.1 Å². The average Bonchev–Trinajstić information content (AvgIpc) is 2.81. The highest BCUT2D eigenvalue weighted by Gasteiger charge is 1.98. The van der Waals surface area contributed by atoms with Gasteiger partial charge in [0, 0.05) is 13.6 Å². The molecule has 0 aliphatic heterocycles. The average molecular weight is 245 g/mol. The first-order valence-corrected chi connectivity index (χ1v) is 6.18. The lowest BCUT2D eigenvalue weighted by molar-refractivity contribution is 0.306. The van der Waals surface area contributed by atoms with E-state index in [-0.39, 0.29) is 0 Å². The van der Waals surface area contributed by atoms with Gasteiger partial charge in [0.25, 0.3) is 0 Å². The van der Waals surface area contributed by atoms with Gasteiger partial charge in [0.15, 0.2) is 5.75 Å². The van der Waals surface area contributed by atoms with E-state index in [1.165, 1.54) is 11.1 Å². The normalized spacial score (nSPS) is 10.6. The SMILES string of the molecule is CCNCc1ccc(COc2cnn(C)c2)cc1. The van der Waals surface area contributed by atoms with Crippen molar-refractivity contribution in [3.63, 3.8) is 0 Å². The molecule has 0 saturated heterocycles. The molecule has 2 aromatic rings. The molecule has 0 aliphatic rings. The second-order valence-corrected chi connectivity index (χ2v) is 4.24. The highest BCUT2D eigenvalue weighted by molar-refractivity contribution is 5.22. The smallest absolute Gasteiger partial charge is 0.157 e. The Bertz CT molecular complexity index is 476. The molecule has 2 rings (SSSR count). The van der Waals surface area contributed by atoms with E-state index in [2.05, 4.69) is 41.6 Å². The zero-order chi connectivity index (χ0) is 12.8. The number of hydrogen-bond donors (Lipinski definition) is 1. The molecule has 0 fully saturated rings. The van der Waals surface area contributed by atoms with Gasteiger partial charge in [-0.1, -0.05) is 31.2 Å². The van der Waals surface area contributed by atoms with Gasteiger partial charge in [-0.25, -0.2) is 0 Å². The summed E-state index contributed by atoms with van der Waals surface area (Å²) >= 11 is 0. The zero-order valence-electron chi connectivity index (χ0n) is 10.9. The molecule has 4 nitrogen and oxygen atoms in total. The third-order valence-electron chi connectivity index (χ3n) is 2.69. The Kier molecular flexibility index (Phi) is 4.36. The van der Waals surface area contributed by atoms with Crippen LogP contribution >= 0.6 is 0 Å². The van der Waals surface area contributed by atoms with Crippen molar-refractivity contribution in [3.8, 4) is 5.75 Å². The van der Waals surface area contributed by atoms with E-state index in [1.807, 2.05) is 13.2 Å². The minimum Gasteiger partial charge on any atom is -0.486 e. The zero-order valence-corrected chi connectivity index (χ0v) is 10.9. The van der Waals surface area contributed by atoms with E-state index in [4.69, 9.17) is 4.74 Å². The van der Waals surface area contributed by atoms with Crippen LogP contribution in [0.15, 0.2) is 36.7 Å². The van der Waals surface area contributed by atoms with Crippen molar-refractivity contribution < 1.29 is 4.74 Å². The summed E-state index contributed by atoms with van der Waals surface area (Å²) in [6, 6.07) is 8.46. The van der Waals surface area contributed by atoms with Crippen molar-refractivity contribution in [2.24, 2.45) is 7.05 Å². The summed E-state index contributed by atoms with van der Waals surface area (Å²) < 4.78 is 7.37. The summed E-state index contributed by atoms with van der Waals surface area (Å²) in [5.41, 5.74) is 2.46. The van der Waals surface area contributed by atoms with Crippen molar-refractivity contribution in [2.75, 3.05) is 6.54 Å². The fraction of sp³-hybridized carbons (Fsp3) is 0.357. The minimum absolute atomic E-state index is 0.577. The lowest BCUT2D eigenvalue weighted by Crippen LogP contribution is -2.11. The van der Waals surface area contributed by atoms with Crippen LogP contribution in [0.5, 0.6) is 5.75 Å². The van der Waals surface area contributed by atoms with Crippen molar-refractivity contribution >= 4 is 0 Å². The van der Waals surface area contributed by atoms with Gasteiger partial charge in [0.05, 0.1) is 12.4 Å². The maximum Gasteiger partial charge on any atom is 0.157 e. The van der Waals surface area contributed by atoms with Gasteiger partial charge in [-0.15, -0.1) is 0 Å². The molecule has 0 bridgehead atoms. The van der Waals surface area contributed by atoms with E-state index in [1.54, 1.807) is 10.9 Å². The molecule has 0 aliphatic carbocycles. The number of aryl methyl sites for hydroxylation is 1. The van der Waals surface area contributed by atoms with Crippen LogP contribution in [0, 0.1) is 0 Å². The van der Waals surface area contributed by atoms with E-state index < -0.39 is 0 Å². The van der Waals surface area contributed by atoms with Crippen LogP contribution in [0.3, 0.4) is 0 Å². The first-order valence-electron chi connectivity index (χ1n) is 6.18. The van der Waals surface area contributed by atoms with E-state index >= 15 is 0 Å². The van der Waals surface area contributed by atoms with Crippen LogP contribution in [-0.2, 0) is 20.2 Å². The van der Waals surface area contributed by atoms with Gasteiger partial charge in [-0.3, -0.25) is 4.68 Å². The first-order chi connectivity index (χ1) is 8.78. The quantitative estimate of drug-likeness (QED) is 0.847. The molecule has 0 radical (unpaired) electrons. The molecule has 96 valence electrons. The van der Waals surface area contributed by atoms with E-state index in [9.17, 15) is 0 Å². The van der Waals surface area contributed by atoms with Crippen LogP contribution in [0.4, 0.5) is 0 Å². The number of nitrogens with zero attached hydrogens (tertiary/aromatic N) is 2. The molecule has 18 heavy (non-hydrogen) atoms. The number of rotatable bonds is 6. The first kappa shape index (κ1) is 12.6. The van der Waals surface area contributed by atoms with Gasteiger partial charge in [0.2, 0.25) is 0 Å². The second kappa shape index (κ2) is 6.21. The summed E-state index contributed by atoms with van der Waals surface area (Å²) in [5, 5.41) is 7.36. The van der Waals surface area contributed by atoms with Crippen LogP contribution < -0.4 is 10.1 Å². The third-order valence-corrected chi connectivity index (χ3v) is 2.69. The molecular weight excluding hydrogens is 226 g/mol. The molecule has 1 aromatic carbocycles. The molecule has 1 N–H and O–H groups in total. The van der Waals surface area contributed by atoms with Crippen LogP contribution in [-0.4, -0.2) is 16.3 Å². The van der Waals surface area contributed by atoms with Crippen LogP contribution in [0.1, 0.15) is 18.1 Å². The lowest BCUT2D eigenvalue weighted by Gasteiger charge is -2.05. The monoisotopic (exact) mass is 245 g/mol. The number of ether oxygens (including phenoxy) is 1. The summed E-state index contributed by atoms with van der Waals surface area (Å²) in [6.07, 6.45) is 3.58. The summed E-state index contributed by atoms with van der Waals surface area (Å²) in [4.78, 5) is 0. The predicted octanol–water partition coefficient (Wildman–Crippen LogP) is 2.11. The van der Waals surface area contributed by atoms with Crippen LogP contribution in [0.2, 0.25) is 0 Å². The molecule has 0 atom stereocenters. The topological polar surface area (TPSA) is 39.1 Å². The van der Waals surface area contributed by atoms with Crippen molar-refractivity contribution in [1.29, 1.82) is 0 Å². The Hall–Kier alpha value is -1.81. The Labute approximate surface area is 108 Å². The summed E-state index contributed by atoms with van der Waals surface area (Å²) in [7, 11) is 1.88. The van der Waals surface area contributed by atoms with Gasteiger partial charge < -0.3 is 10.1 Å². The molecular formula is C14H19N3O. The fourth-order valence-corrected chi connectivity index (χ4v) is 1.66. The Balaban J connectivity index is 1.86. The molecule has 0 unspecified atom stereocenters. The summed E-state index contributed by atoms with van der Waals surface area (Å²) in [6.45, 7) is 4.59. The minimum atomic E-state index is 0.577. The molecule has 4 heteroatoms. The number of benzene rings is 1. The predicted molar refractivity (Wildman–Crippen MR) is 71.4 cm³/mol. The van der Waals surface area contributed by atoms with Crippen LogP contribution in [0.25, 0.3) is 0 Å². The Morgan fingerprint density at radius 2 is 1.94 bits per heavy atom. The highest BCUT2D eigenvalue weighted by Crippen LogP contribution is 2.11. The summed E-state index contributed by atoms with van der Waals surface area (Å²) in [5.74, 6) is 0.800. The third kappa shape index (κ3) is 3.60. The number of aromatic nitrogens is 2. The van der Waals surface area contributed by atoms with Gasteiger partial charge in [-0.2, -0.15) is 5.10 Å². The fourth-order valence-electron chi connectivity index (χ4n) is 1.66. The number of hydrogen-bond acceptors (Lipinski definition) is 3. The Morgan fingerprint density at radius 1 is 1.22 bits per heavy atom. The van der Waals surface area contributed by atoms with Gasteiger partial charge in [0.1, 0.15) is 6.61 Å². The molecule has 0 spiro atoms. The maximum absolute atomic E-state index is 5.63. The second-order valence-electron chi connectivity index (χ2n) is 4.24. The van der Waals surface area contributed by atoms with Gasteiger partial charge in [-0.05, 0) is 17.7 Å². The molecule has 1 aromatic heterocycles. The standard InChI is InChI=1S/C14H19N3O/c1-3-15-8-12-4-6-13(7-5-12)11-18-14-9-16-17(2)10-14/h4-7,9-10,15H,3,8,11H2,1-2H3. The molecule has 0 amide bonds. The number of nitrogens with one attached hydrogen (secondary N) is 1. The van der Waals surface area contributed by atoms with E-state index in [0.717, 1.165) is 18.8 Å². The van der Waals surface area contributed by atoms with Gasteiger partial charge >= 0.3 is 0 Å². The van der Waals surface area contributed by atoms with E-state index in [0.29, 0.717) is 6.61 Å². The maximum atomic E-state index is 5.63. The lowest BCUT2D eigenvalue weighted by atomic mass is 10.1. The molecule has 0 saturated carbocycles. The van der Waals surface area contributed by atoms with Crippen molar-refractivity contribution in [2.45, 2.75) is 20.1 Å². The van der Waals surface area contributed by atoms with Crippen molar-refractivity contribution in [3.05, 3.63) is 47.8 Å².